The molecule has 0 aromatic heterocycles. The van der Waals surface area contributed by atoms with Gasteiger partial charge in [0.2, 0.25) is 0 Å². The van der Waals surface area contributed by atoms with Gasteiger partial charge in [0.25, 0.3) is 0 Å². The molecule has 0 aliphatic carbocycles. The molecular formula is C6H8F6. The van der Waals surface area contributed by atoms with Crippen LogP contribution in [0.15, 0.2) is 0 Å². The molecule has 6 heteroatoms. The van der Waals surface area contributed by atoms with E-state index in [1.165, 1.54) is 0 Å². The van der Waals surface area contributed by atoms with Crippen molar-refractivity contribution in [2.75, 3.05) is 0 Å². The fraction of sp³-hybridized carbons (Fsp3) is 1.00. The zero-order valence-electron chi connectivity index (χ0n) is 6.26. The lowest BCUT2D eigenvalue weighted by molar-refractivity contribution is -0.170. The summed E-state index contributed by atoms with van der Waals surface area (Å²) >= 11 is 0. The van der Waals surface area contributed by atoms with Gasteiger partial charge in [0.05, 0.1) is 0 Å². The largest absolute Gasteiger partial charge is 0.389 e. The minimum absolute atomic E-state index is 0.932. The summed E-state index contributed by atoms with van der Waals surface area (Å²) in [4.78, 5) is 0. The van der Waals surface area contributed by atoms with Gasteiger partial charge in [-0.3, -0.25) is 0 Å². The van der Waals surface area contributed by atoms with E-state index in [9.17, 15) is 26.3 Å². The zero-order valence-corrected chi connectivity index (χ0v) is 6.26. The van der Waals surface area contributed by atoms with E-state index in [4.69, 9.17) is 0 Å². The Labute approximate surface area is 65.6 Å². The van der Waals surface area contributed by atoms with Crippen LogP contribution in [-0.2, 0) is 0 Å². The van der Waals surface area contributed by atoms with Crippen LogP contribution in [0.2, 0.25) is 0 Å². The number of hydrogen-bond acceptors (Lipinski definition) is 0. The normalized spacial score (nSPS) is 14.0. The van der Waals surface area contributed by atoms with E-state index in [2.05, 4.69) is 0 Å². The predicted molar refractivity (Wildman–Crippen MR) is 30.5 cm³/mol. The molecule has 0 spiro atoms. The maximum atomic E-state index is 11.5. The first kappa shape index (κ1) is 11.6. The topological polar surface area (TPSA) is 0 Å². The minimum Gasteiger partial charge on any atom is -0.171 e. The molecule has 0 heterocycles. The van der Waals surface area contributed by atoms with Gasteiger partial charge >= 0.3 is 12.4 Å². The highest BCUT2D eigenvalue weighted by Crippen LogP contribution is 2.32. The van der Waals surface area contributed by atoms with Gasteiger partial charge in [0, 0.05) is 12.8 Å². The quantitative estimate of drug-likeness (QED) is 0.590. The van der Waals surface area contributed by atoms with Crippen molar-refractivity contribution in [1.29, 1.82) is 0 Å². The van der Waals surface area contributed by atoms with Crippen LogP contribution in [0.5, 0.6) is 0 Å². The third kappa shape index (κ3) is 7.68. The number of rotatable bonds is 2. The van der Waals surface area contributed by atoms with Gasteiger partial charge in [0.1, 0.15) is 0 Å². The molecule has 0 fully saturated rings. The van der Waals surface area contributed by atoms with Gasteiger partial charge < -0.3 is 0 Å². The van der Waals surface area contributed by atoms with Gasteiger partial charge in [-0.25, -0.2) is 0 Å². The summed E-state index contributed by atoms with van der Waals surface area (Å²) in [7, 11) is 0. The second-order valence-corrected chi connectivity index (χ2v) is 2.74. The molecular weight excluding hydrogens is 186 g/mol. The van der Waals surface area contributed by atoms with Gasteiger partial charge in [-0.05, 0) is 5.92 Å². The molecule has 0 amide bonds. The predicted octanol–water partition coefficient (Wildman–Crippen LogP) is 3.53. The second kappa shape index (κ2) is 3.53. The van der Waals surface area contributed by atoms with Crippen LogP contribution in [0.25, 0.3) is 0 Å². The summed E-state index contributed by atoms with van der Waals surface area (Å²) in [5, 5.41) is 0. The summed E-state index contributed by atoms with van der Waals surface area (Å²) in [5.74, 6) is -1.40. The molecule has 0 rings (SSSR count). The highest BCUT2D eigenvalue weighted by atomic mass is 19.4. The van der Waals surface area contributed by atoms with Crippen LogP contribution in [0.4, 0.5) is 26.3 Å². The number of hydrogen-bond donors (Lipinski definition) is 0. The zero-order chi connectivity index (χ0) is 9.99. The highest BCUT2D eigenvalue weighted by molar-refractivity contribution is 4.63. The third-order valence-corrected chi connectivity index (χ3v) is 1.16. The monoisotopic (exact) mass is 194 g/mol. The van der Waals surface area contributed by atoms with Crippen LogP contribution in [0.1, 0.15) is 19.8 Å². The standard InChI is InChI=1S/C6H8F6/c1-4(2-5(7,8)9)3-6(10,11)12/h4H,2-3H2,1H3. The number of halogens is 6. The van der Waals surface area contributed by atoms with Crippen LogP contribution >= 0.6 is 0 Å². The third-order valence-electron chi connectivity index (χ3n) is 1.16. The molecule has 0 aliphatic rings. The van der Waals surface area contributed by atoms with Crippen molar-refractivity contribution in [1.82, 2.24) is 0 Å². The Bertz CT molecular complexity index is 116. The smallest absolute Gasteiger partial charge is 0.171 e. The summed E-state index contributed by atoms with van der Waals surface area (Å²) < 4.78 is 69.1. The molecule has 0 N–H and O–H groups in total. The Kier molecular flexibility index (Phi) is 3.41. The minimum atomic E-state index is -4.51. The fourth-order valence-electron chi connectivity index (χ4n) is 0.862. The van der Waals surface area contributed by atoms with E-state index in [1.807, 2.05) is 0 Å². The maximum Gasteiger partial charge on any atom is 0.389 e. The molecule has 0 radical (unpaired) electrons. The molecule has 0 aromatic carbocycles. The van der Waals surface area contributed by atoms with E-state index < -0.39 is 31.1 Å². The molecule has 0 unspecified atom stereocenters. The van der Waals surface area contributed by atoms with Crippen molar-refractivity contribution in [3.05, 3.63) is 0 Å². The first-order valence-corrected chi connectivity index (χ1v) is 3.23. The first-order chi connectivity index (χ1) is 5.10. The van der Waals surface area contributed by atoms with E-state index in [-0.39, 0.29) is 0 Å². The molecule has 0 aliphatic heterocycles. The van der Waals surface area contributed by atoms with E-state index in [0.717, 1.165) is 6.92 Å². The van der Waals surface area contributed by atoms with Crippen LogP contribution in [0, 0.1) is 5.92 Å². The SMILES string of the molecule is CC(CC(F)(F)F)CC(F)(F)F. The van der Waals surface area contributed by atoms with Crippen molar-refractivity contribution in [3.63, 3.8) is 0 Å². The van der Waals surface area contributed by atoms with Crippen molar-refractivity contribution < 1.29 is 26.3 Å². The van der Waals surface area contributed by atoms with Gasteiger partial charge in [0.15, 0.2) is 0 Å². The van der Waals surface area contributed by atoms with Gasteiger partial charge in [-0.15, -0.1) is 0 Å². The summed E-state index contributed by atoms with van der Waals surface area (Å²) in [6.07, 6.45) is -11.8. The highest BCUT2D eigenvalue weighted by Gasteiger charge is 2.36. The molecule has 0 nitrogen and oxygen atoms in total. The average molecular weight is 194 g/mol. The molecule has 74 valence electrons. The molecule has 12 heavy (non-hydrogen) atoms. The lowest BCUT2D eigenvalue weighted by Gasteiger charge is -2.15. The Morgan fingerprint density at radius 1 is 0.833 bits per heavy atom. The van der Waals surface area contributed by atoms with Crippen LogP contribution < -0.4 is 0 Å². The maximum absolute atomic E-state index is 11.5. The molecule has 0 saturated carbocycles. The first-order valence-electron chi connectivity index (χ1n) is 3.23. The lowest BCUT2D eigenvalue weighted by atomic mass is 10.0. The molecule has 0 aromatic rings. The van der Waals surface area contributed by atoms with Crippen molar-refractivity contribution in [2.24, 2.45) is 5.92 Å². The Balaban J connectivity index is 3.83. The second-order valence-electron chi connectivity index (χ2n) is 2.74. The van der Waals surface area contributed by atoms with Crippen LogP contribution in [0.3, 0.4) is 0 Å². The molecule has 0 atom stereocenters. The number of alkyl halides is 6. The fourth-order valence-corrected chi connectivity index (χ4v) is 0.862. The molecule has 0 saturated heterocycles. The van der Waals surface area contributed by atoms with Crippen molar-refractivity contribution in [3.8, 4) is 0 Å². The van der Waals surface area contributed by atoms with E-state index in [1.54, 1.807) is 0 Å². The van der Waals surface area contributed by atoms with Gasteiger partial charge in [-0.1, -0.05) is 6.92 Å². The summed E-state index contributed by atoms with van der Waals surface area (Å²) in [6.45, 7) is 0.932. The molecule has 0 bridgehead atoms. The van der Waals surface area contributed by atoms with Crippen LogP contribution in [-0.4, -0.2) is 12.4 Å². The average Bonchev–Trinajstić information content (AvgIpc) is 1.49. The van der Waals surface area contributed by atoms with E-state index in [0.29, 0.717) is 0 Å². The summed E-state index contributed by atoms with van der Waals surface area (Å²) in [6, 6.07) is 0. The van der Waals surface area contributed by atoms with Crippen molar-refractivity contribution in [2.45, 2.75) is 32.1 Å². The summed E-state index contributed by atoms with van der Waals surface area (Å²) in [5.41, 5.74) is 0. The Morgan fingerprint density at radius 3 is 1.25 bits per heavy atom. The van der Waals surface area contributed by atoms with Gasteiger partial charge in [-0.2, -0.15) is 26.3 Å². The van der Waals surface area contributed by atoms with E-state index >= 15 is 0 Å². The lowest BCUT2D eigenvalue weighted by Crippen LogP contribution is -2.19. The Hall–Kier alpha value is -0.420. The van der Waals surface area contributed by atoms with Crippen molar-refractivity contribution >= 4 is 0 Å². The Morgan fingerprint density at radius 2 is 1.08 bits per heavy atom.